The molecule has 4 aromatic rings. The number of nitrogens with zero attached hydrogens (tertiary/aromatic N) is 4. The molecule has 8 nitrogen and oxygen atoms in total. The molecule has 32 heavy (non-hydrogen) atoms. The Bertz CT molecular complexity index is 1440. The minimum atomic E-state index is -0.312. The van der Waals surface area contributed by atoms with E-state index in [2.05, 4.69) is 36.6 Å². The number of rotatable bonds is 2. The van der Waals surface area contributed by atoms with E-state index in [0.29, 0.717) is 16.8 Å². The summed E-state index contributed by atoms with van der Waals surface area (Å²) >= 11 is 0. The van der Waals surface area contributed by atoms with Crippen molar-refractivity contribution < 1.29 is 4.79 Å². The van der Waals surface area contributed by atoms with Crippen LogP contribution in [-0.2, 0) is 0 Å². The fraction of sp³-hybridized carbons (Fsp3) is 0.125. The van der Waals surface area contributed by atoms with Crippen molar-refractivity contribution in [3.63, 3.8) is 0 Å². The third-order valence-corrected chi connectivity index (χ3v) is 5.36. The average molecular weight is 421 g/mol. The lowest BCUT2D eigenvalue weighted by molar-refractivity contribution is 0.112. The van der Waals surface area contributed by atoms with Gasteiger partial charge in [0.2, 0.25) is 0 Å². The van der Waals surface area contributed by atoms with Crippen molar-refractivity contribution in [2.24, 2.45) is 0 Å². The number of fused-ring (bicyclic) bond motifs is 2. The maximum absolute atomic E-state index is 10.3. The van der Waals surface area contributed by atoms with Crippen molar-refractivity contribution in [2.75, 3.05) is 0 Å². The highest BCUT2D eigenvalue weighted by atomic mass is 16.1. The van der Waals surface area contributed by atoms with Crippen molar-refractivity contribution in [1.82, 2.24) is 25.7 Å². The SMILES string of the molecule is O=Cc1ccc2[nH]ncc2c1.[C-]#[N+]C1=C(C)NC(C)=C(C#N)C1c1ccc2[nH]ncc2c1. The minimum Gasteiger partial charge on any atom is -0.372 e. The predicted molar refractivity (Wildman–Crippen MR) is 121 cm³/mol. The Morgan fingerprint density at radius 2 is 1.69 bits per heavy atom. The molecule has 1 aliphatic heterocycles. The molecule has 3 N–H and O–H groups in total. The van der Waals surface area contributed by atoms with Crippen molar-refractivity contribution >= 4 is 28.1 Å². The molecule has 0 radical (unpaired) electrons. The highest BCUT2D eigenvalue weighted by molar-refractivity contribution is 5.86. The van der Waals surface area contributed by atoms with E-state index in [9.17, 15) is 10.1 Å². The maximum atomic E-state index is 10.3. The van der Waals surface area contributed by atoms with Gasteiger partial charge in [-0.2, -0.15) is 15.5 Å². The van der Waals surface area contributed by atoms with E-state index < -0.39 is 0 Å². The summed E-state index contributed by atoms with van der Waals surface area (Å²) in [5, 5.41) is 28.1. The van der Waals surface area contributed by atoms with E-state index in [0.717, 1.165) is 45.0 Å². The van der Waals surface area contributed by atoms with Gasteiger partial charge in [-0.3, -0.25) is 15.0 Å². The van der Waals surface area contributed by atoms with Crippen molar-refractivity contribution in [3.05, 3.63) is 94.0 Å². The molecule has 0 bridgehead atoms. The highest BCUT2D eigenvalue weighted by Crippen LogP contribution is 2.38. The monoisotopic (exact) mass is 421 g/mol. The van der Waals surface area contributed by atoms with Gasteiger partial charge in [0.15, 0.2) is 5.70 Å². The molecular weight excluding hydrogens is 402 g/mol. The van der Waals surface area contributed by atoms with E-state index in [1.807, 2.05) is 38.1 Å². The first kappa shape index (κ1) is 20.6. The molecular formula is C24H19N7O. The number of carbonyl (C=O) groups is 1. The Morgan fingerprint density at radius 1 is 1.03 bits per heavy atom. The lowest BCUT2D eigenvalue weighted by Gasteiger charge is -2.26. The predicted octanol–water partition coefficient (Wildman–Crippen LogP) is 4.57. The molecule has 1 atom stereocenters. The van der Waals surface area contributed by atoms with Crippen molar-refractivity contribution in [2.45, 2.75) is 19.8 Å². The zero-order chi connectivity index (χ0) is 22.7. The second-order valence-electron chi connectivity index (χ2n) is 7.38. The molecule has 3 heterocycles. The first-order valence-electron chi connectivity index (χ1n) is 9.83. The summed E-state index contributed by atoms with van der Waals surface area (Å²) in [6.07, 6.45) is 4.27. The summed E-state index contributed by atoms with van der Waals surface area (Å²) < 4.78 is 0. The van der Waals surface area contributed by atoms with Gasteiger partial charge >= 0.3 is 0 Å². The van der Waals surface area contributed by atoms with Crippen LogP contribution < -0.4 is 5.32 Å². The van der Waals surface area contributed by atoms with Crippen LogP contribution in [-0.4, -0.2) is 26.7 Å². The van der Waals surface area contributed by atoms with E-state index in [-0.39, 0.29) is 5.92 Å². The van der Waals surface area contributed by atoms with Crippen molar-refractivity contribution in [3.8, 4) is 6.07 Å². The summed E-state index contributed by atoms with van der Waals surface area (Å²) in [5.74, 6) is -0.312. The molecule has 0 amide bonds. The molecule has 2 aromatic heterocycles. The number of dihydropyridines is 1. The van der Waals surface area contributed by atoms with Gasteiger partial charge in [-0.15, -0.1) is 0 Å². The van der Waals surface area contributed by atoms with Crippen LogP contribution in [0, 0.1) is 17.9 Å². The Labute approximate surface area is 184 Å². The number of benzene rings is 2. The number of carbonyl (C=O) groups excluding carboxylic acids is 1. The van der Waals surface area contributed by atoms with Crippen LogP contribution in [0.2, 0.25) is 0 Å². The number of aromatic amines is 2. The van der Waals surface area contributed by atoms with Gasteiger partial charge in [0, 0.05) is 27.7 Å². The summed E-state index contributed by atoms with van der Waals surface area (Å²) in [6, 6.07) is 13.5. The molecule has 1 unspecified atom stereocenters. The van der Waals surface area contributed by atoms with Crippen LogP contribution in [0.3, 0.4) is 0 Å². The van der Waals surface area contributed by atoms with Gasteiger partial charge in [-0.05, 0) is 49.7 Å². The number of hydrogen-bond acceptors (Lipinski definition) is 5. The molecule has 0 saturated heterocycles. The Hall–Kier alpha value is -4.69. The Kier molecular flexibility index (Phi) is 5.52. The zero-order valence-corrected chi connectivity index (χ0v) is 17.5. The molecule has 0 saturated carbocycles. The first-order valence-corrected chi connectivity index (χ1v) is 9.83. The van der Waals surface area contributed by atoms with Crippen LogP contribution in [0.5, 0.6) is 0 Å². The third kappa shape index (κ3) is 3.73. The van der Waals surface area contributed by atoms with Crippen molar-refractivity contribution in [1.29, 1.82) is 5.26 Å². The molecule has 0 fully saturated rings. The maximum Gasteiger partial charge on any atom is 0.196 e. The largest absolute Gasteiger partial charge is 0.372 e. The number of aldehydes is 1. The summed E-state index contributed by atoms with van der Waals surface area (Å²) in [7, 11) is 0. The molecule has 1 aliphatic rings. The number of allylic oxidation sites excluding steroid dienone is 3. The van der Waals surface area contributed by atoms with Crippen LogP contribution in [0.25, 0.3) is 26.7 Å². The average Bonchev–Trinajstić information content (AvgIpc) is 3.47. The standard InChI is InChI=1S/C16H13N5.C8H6N2O/c1-9-13(7-17)15(16(18-3)10(2)20-9)11-4-5-14-12(6-11)8-19-21-14;11-5-6-1-2-8-7(3-6)4-9-10-8/h4-6,8,15,20H,1-2H3,(H,19,21);1-5H,(H,9,10). The number of nitriles is 1. The fourth-order valence-corrected chi connectivity index (χ4v) is 3.78. The third-order valence-electron chi connectivity index (χ3n) is 5.36. The summed E-state index contributed by atoms with van der Waals surface area (Å²) in [6.45, 7) is 11.2. The molecule has 0 spiro atoms. The zero-order valence-electron chi connectivity index (χ0n) is 17.5. The molecule has 2 aromatic carbocycles. The lowest BCUT2D eigenvalue weighted by atomic mass is 9.84. The quantitative estimate of drug-likeness (QED) is 0.324. The number of aromatic nitrogens is 4. The second-order valence-corrected chi connectivity index (χ2v) is 7.38. The Morgan fingerprint density at radius 3 is 2.31 bits per heavy atom. The van der Waals surface area contributed by atoms with Gasteiger partial charge in [0.1, 0.15) is 6.29 Å². The number of H-pyrrole nitrogens is 2. The number of hydrogen-bond donors (Lipinski definition) is 3. The van der Waals surface area contributed by atoms with Gasteiger partial charge in [0.05, 0.1) is 47.6 Å². The van der Waals surface area contributed by atoms with E-state index in [4.69, 9.17) is 6.57 Å². The topological polar surface area (TPSA) is 115 Å². The van der Waals surface area contributed by atoms with Gasteiger partial charge in [-0.25, -0.2) is 4.85 Å². The molecule has 156 valence electrons. The normalized spacial score (nSPS) is 15.6. The van der Waals surface area contributed by atoms with E-state index in [1.165, 1.54) is 0 Å². The fourth-order valence-electron chi connectivity index (χ4n) is 3.78. The van der Waals surface area contributed by atoms with Gasteiger partial charge in [-0.1, -0.05) is 6.07 Å². The van der Waals surface area contributed by atoms with E-state index >= 15 is 0 Å². The smallest absolute Gasteiger partial charge is 0.196 e. The minimum absolute atomic E-state index is 0.312. The number of nitrogens with one attached hydrogen (secondary N) is 3. The molecule has 5 rings (SSSR count). The molecule has 8 heteroatoms. The first-order chi connectivity index (χ1) is 15.5. The highest BCUT2D eigenvalue weighted by Gasteiger charge is 2.30. The van der Waals surface area contributed by atoms with Crippen LogP contribution >= 0.6 is 0 Å². The van der Waals surface area contributed by atoms with Crippen LogP contribution in [0.1, 0.15) is 35.7 Å². The van der Waals surface area contributed by atoms with Crippen LogP contribution in [0.15, 0.2) is 71.5 Å². The summed E-state index contributed by atoms with van der Waals surface area (Å²) in [5.41, 5.74) is 6.28. The van der Waals surface area contributed by atoms with E-state index in [1.54, 1.807) is 24.5 Å². The lowest BCUT2D eigenvalue weighted by Crippen LogP contribution is -2.22. The second kappa shape index (κ2) is 8.58. The molecule has 0 aliphatic carbocycles. The van der Waals surface area contributed by atoms with Crippen LogP contribution in [0.4, 0.5) is 0 Å². The van der Waals surface area contributed by atoms with Gasteiger partial charge < -0.3 is 5.32 Å². The summed E-state index contributed by atoms with van der Waals surface area (Å²) in [4.78, 5) is 14.0. The Balaban J connectivity index is 0.000000186. The van der Waals surface area contributed by atoms with Gasteiger partial charge in [0.25, 0.3) is 0 Å².